The quantitative estimate of drug-likeness (QED) is 0.816. The molecule has 0 spiro atoms. The molecule has 3 heteroatoms. The van der Waals surface area contributed by atoms with Gasteiger partial charge in [-0.3, -0.25) is 0 Å². The molecule has 0 saturated carbocycles. The normalized spacial score (nSPS) is 10.4. The van der Waals surface area contributed by atoms with Gasteiger partial charge in [-0.1, -0.05) is 13.0 Å². The minimum absolute atomic E-state index is 0.631. The van der Waals surface area contributed by atoms with Crippen molar-refractivity contribution >= 4 is 17.2 Å². The van der Waals surface area contributed by atoms with Crippen LogP contribution in [0.5, 0.6) is 0 Å². The molecule has 0 radical (unpaired) electrons. The highest BCUT2D eigenvalue weighted by Gasteiger charge is 2.04. The molecule has 0 aliphatic rings. The molecule has 0 aliphatic heterocycles. The van der Waals surface area contributed by atoms with E-state index in [1.54, 1.807) is 11.3 Å². The van der Waals surface area contributed by atoms with Crippen molar-refractivity contribution in [1.82, 2.24) is 4.98 Å². The number of anilines is 1. The number of nitrogen functional groups attached to an aromatic ring is 1. The lowest BCUT2D eigenvalue weighted by molar-refractivity contribution is 1.04. The molecule has 2 rings (SSSR count). The Morgan fingerprint density at radius 3 is 2.79 bits per heavy atom. The predicted molar refractivity (Wildman–Crippen MR) is 61.3 cm³/mol. The topological polar surface area (TPSA) is 38.9 Å². The monoisotopic (exact) mass is 204 g/mol. The summed E-state index contributed by atoms with van der Waals surface area (Å²) in [7, 11) is 0. The van der Waals surface area contributed by atoms with E-state index in [4.69, 9.17) is 5.73 Å². The molecule has 0 aliphatic carbocycles. The van der Waals surface area contributed by atoms with E-state index in [2.05, 4.69) is 18.0 Å². The van der Waals surface area contributed by atoms with Gasteiger partial charge in [0.25, 0.3) is 0 Å². The minimum atomic E-state index is 0.631. The summed E-state index contributed by atoms with van der Waals surface area (Å²) in [5, 5.41) is 2.04. The molecule has 2 heterocycles. The van der Waals surface area contributed by atoms with Crippen molar-refractivity contribution in [2.24, 2.45) is 0 Å². The van der Waals surface area contributed by atoms with Gasteiger partial charge in [0.1, 0.15) is 5.82 Å². The van der Waals surface area contributed by atoms with Crippen molar-refractivity contribution in [2.75, 3.05) is 5.73 Å². The standard InChI is InChI=1S/C11H12N2S/c1-2-8-5-6-9(11(12)13-8)10-4-3-7-14-10/h3-7H,2H2,1H3,(H2,12,13). The van der Waals surface area contributed by atoms with E-state index in [1.807, 2.05) is 23.6 Å². The Morgan fingerprint density at radius 1 is 1.36 bits per heavy atom. The largest absolute Gasteiger partial charge is 0.383 e. The van der Waals surface area contributed by atoms with E-state index in [9.17, 15) is 0 Å². The lowest BCUT2D eigenvalue weighted by Crippen LogP contribution is -1.96. The number of thiophene rings is 1. The molecular weight excluding hydrogens is 192 g/mol. The summed E-state index contributed by atoms with van der Waals surface area (Å²) in [6.07, 6.45) is 0.926. The van der Waals surface area contributed by atoms with Gasteiger partial charge in [0.05, 0.1) is 0 Å². The number of aryl methyl sites for hydroxylation is 1. The summed E-state index contributed by atoms with van der Waals surface area (Å²) in [4.78, 5) is 5.51. The van der Waals surface area contributed by atoms with Gasteiger partial charge in [-0.15, -0.1) is 11.3 Å². The van der Waals surface area contributed by atoms with Gasteiger partial charge in [0.15, 0.2) is 0 Å². The molecule has 0 aromatic carbocycles. The zero-order valence-electron chi connectivity index (χ0n) is 8.03. The number of aromatic nitrogens is 1. The number of hydrogen-bond donors (Lipinski definition) is 1. The van der Waals surface area contributed by atoms with Gasteiger partial charge in [-0.25, -0.2) is 4.98 Å². The third kappa shape index (κ3) is 1.63. The maximum absolute atomic E-state index is 5.88. The van der Waals surface area contributed by atoms with E-state index < -0.39 is 0 Å². The van der Waals surface area contributed by atoms with Crippen LogP contribution in [0.3, 0.4) is 0 Å². The summed E-state index contributed by atoms with van der Waals surface area (Å²) in [5.74, 6) is 0.631. The van der Waals surface area contributed by atoms with E-state index in [1.165, 1.54) is 4.88 Å². The zero-order valence-corrected chi connectivity index (χ0v) is 8.84. The molecule has 72 valence electrons. The Morgan fingerprint density at radius 2 is 2.21 bits per heavy atom. The van der Waals surface area contributed by atoms with Crippen molar-refractivity contribution < 1.29 is 0 Å². The third-order valence-electron chi connectivity index (χ3n) is 2.13. The fraction of sp³-hybridized carbons (Fsp3) is 0.182. The lowest BCUT2D eigenvalue weighted by atomic mass is 10.2. The molecule has 0 atom stereocenters. The van der Waals surface area contributed by atoms with E-state index in [0.29, 0.717) is 5.82 Å². The molecule has 0 unspecified atom stereocenters. The maximum atomic E-state index is 5.88. The molecule has 0 saturated heterocycles. The second-order valence-electron chi connectivity index (χ2n) is 3.07. The summed E-state index contributed by atoms with van der Waals surface area (Å²) in [6, 6.07) is 8.16. The first kappa shape index (κ1) is 9.21. The van der Waals surface area contributed by atoms with Crippen molar-refractivity contribution in [1.29, 1.82) is 0 Å². The average molecular weight is 204 g/mol. The first-order valence-corrected chi connectivity index (χ1v) is 5.48. The minimum Gasteiger partial charge on any atom is -0.383 e. The number of pyridine rings is 1. The second kappa shape index (κ2) is 3.80. The highest BCUT2D eigenvalue weighted by molar-refractivity contribution is 7.13. The number of nitrogens with two attached hydrogens (primary N) is 1. The average Bonchev–Trinajstić information content (AvgIpc) is 2.70. The smallest absolute Gasteiger partial charge is 0.132 e. The first-order chi connectivity index (χ1) is 6.81. The fourth-order valence-electron chi connectivity index (χ4n) is 1.35. The molecule has 2 aromatic rings. The molecule has 0 fully saturated rings. The maximum Gasteiger partial charge on any atom is 0.132 e. The van der Waals surface area contributed by atoms with Crippen LogP contribution in [0.4, 0.5) is 5.82 Å². The summed E-state index contributed by atoms with van der Waals surface area (Å²) >= 11 is 1.68. The predicted octanol–water partition coefficient (Wildman–Crippen LogP) is 2.95. The Hall–Kier alpha value is -1.35. The Labute approximate surface area is 87.4 Å². The van der Waals surface area contributed by atoms with Gasteiger partial charge in [-0.2, -0.15) is 0 Å². The lowest BCUT2D eigenvalue weighted by Gasteiger charge is -2.03. The van der Waals surface area contributed by atoms with Crippen molar-refractivity contribution in [3.05, 3.63) is 35.3 Å². The van der Waals surface area contributed by atoms with Crippen LogP contribution in [0.15, 0.2) is 29.6 Å². The molecule has 0 amide bonds. The SMILES string of the molecule is CCc1ccc(-c2cccs2)c(N)n1. The second-order valence-corrected chi connectivity index (χ2v) is 4.01. The van der Waals surface area contributed by atoms with Gasteiger partial charge in [0.2, 0.25) is 0 Å². The van der Waals surface area contributed by atoms with E-state index in [0.717, 1.165) is 17.7 Å². The van der Waals surface area contributed by atoms with Crippen LogP contribution >= 0.6 is 11.3 Å². The van der Waals surface area contributed by atoms with Gasteiger partial charge >= 0.3 is 0 Å². The van der Waals surface area contributed by atoms with Crippen LogP contribution in [0.2, 0.25) is 0 Å². The van der Waals surface area contributed by atoms with Gasteiger partial charge < -0.3 is 5.73 Å². The Balaban J connectivity index is 2.46. The van der Waals surface area contributed by atoms with Crippen molar-refractivity contribution in [2.45, 2.75) is 13.3 Å². The van der Waals surface area contributed by atoms with Crippen LogP contribution in [0, 0.1) is 0 Å². The molecule has 2 nitrogen and oxygen atoms in total. The van der Waals surface area contributed by atoms with E-state index >= 15 is 0 Å². The molecular formula is C11H12N2S. The van der Waals surface area contributed by atoms with Crippen LogP contribution in [-0.2, 0) is 6.42 Å². The number of hydrogen-bond acceptors (Lipinski definition) is 3. The molecule has 14 heavy (non-hydrogen) atoms. The van der Waals surface area contributed by atoms with Crippen LogP contribution in [-0.4, -0.2) is 4.98 Å². The summed E-state index contributed by atoms with van der Waals surface area (Å²) < 4.78 is 0. The summed E-state index contributed by atoms with van der Waals surface area (Å²) in [6.45, 7) is 2.08. The van der Waals surface area contributed by atoms with Gasteiger partial charge in [0, 0.05) is 16.1 Å². The highest BCUT2D eigenvalue weighted by atomic mass is 32.1. The summed E-state index contributed by atoms with van der Waals surface area (Å²) in [5.41, 5.74) is 7.97. The number of rotatable bonds is 2. The Bertz CT molecular complexity index is 421. The first-order valence-electron chi connectivity index (χ1n) is 4.60. The van der Waals surface area contributed by atoms with Crippen LogP contribution < -0.4 is 5.73 Å². The fourth-order valence-corrected chi connectivity index (χ4v) is 2.11. The van der Waals surface area contributed by atoms with Gasteiger partial charge in [-0.05, 0) is 30.0 Å². The highest BCUT2D eigenvalue weighted by Crippen LogP contribution is 2.28. The van der Waals surface area contributed by atoms with E-state index in [-0.39, 0.29) is 0 Å². The third-order valence-corrected chi connectivity index (χ3v) is 3.03. The van der Waals surface area contributed by atoms with Crippen molar-refractivity contribution in [3.8, 4) is 10.4 Å². The van der Waals surface area contributed by atoms with Crippen LogP contribution in [0.1, 0.15) is 12.6 Å². The van der Waals surface area contributed by atoms with Crippen molar-refractivity contribution in [3.63, 3.8) is 0 Å². The number of nitrogens with zero attached hydrogens (tertiary/aromatic N) is 1. The van der Waals surface area contributed by atoms with Crippen LogP contribution in [0.25, 0.3) is 10.4 Å². The zero-order chi connectivity index (χ0) is 9.97. The molecule has 2 aromatic heterocycles. The Kier molecular flexibility index (Phi) is 2.50. The molecule has 2 N–H and O–H groups in total. The molecule has 0 bridgehead atoms.